The van der Waals surface area contributed by atoms with Crippen molar-refractivity contribution in [2.24, 2.45) is 0 Å². The van der Waals surface area contributed by atoms with Crippen LogP contribution in [-0.2, 0) is 13.0 Å². The Bertz CT molecular complexity index is 1420. The van der Waals surface area contributed by atoms with Crippen molar-refractivity contribution in [3.05, 3.63) is 86.6 Å². The molecule has 0 unspecified atom stereocenters. The molecule has 6 nitrogen and oxygen atoms in total. The minimum atomic E-state index is 0. The van der Waals surface area contributed by atoms with E-state index in [1.165, 1.54) is 0 Å². The number of benzene rings is 3. The average Bonchev–Trinajstić information content (AvgIpc) is 2.90. The molecule has 37 heavy (non-hydrogen) atoms. The van der Waals surface area contributed by atoms with Crippen LogP contribution in [0.2, 0.25) is 0 Å². The van der Waals surface area contributed by atoms with E-state index in [0.29, 0.717) is 35.0 Å². The van der Waals surface area contributed by atoms with E-state index >= 15 is 0 Å². The van der Waals surface area contributed by atoms with Crippen LogP contribution in [0.25, 0.3) is 10.8 Å². The highest BCUT2D eigenvalue weighted by Gasteiger charge is 2.23. The maximum Gasteiger partial charge on any atom is 0.227 e. The van der Waals surface area contributed by atoms with E-state index in [-0.39, 0.29) is 29.3 Å². The molecule has 0 aliphatic heterocycles. The molecule has 4 rings (SSSR count). The van der Waals surface area contributed by atoms with E-state index in [4.69, 9.17) is 18.9 Å². The Morgan fingerprint density at radius 2 is 1.35 bits per heavy atom. The van der Waals surface area contributed by atoms with Gasteiger partial charge in [-0.05, 0) is 47.3 Å². The summed E-state index contributed by atoms with van der Waals surface area (Å²) in [6, 6.07) is 17.1. The van der Waals surface area contributed by atoms with Crippen LogP contribution in [-0.4, -0.2) is 34.2 Å². The number of pyridine rings is 1. The van der Waals surface area contributed by atoms with Gasteiger partial charge in [0, 0.05) is 20.6 Å². The second-order valence-corrected chi connectivity index (χ2v) is 9.86. The summed E-state index contributed by atoms with van der Waals surface area (Å²) >= 11 is 7.11. The molecule has 1 aromatic heterocycles. The van der Waals surface area contributed by atoms with Crippen molar-refractivity contribution >= 4 is 48.4 Å². The van der Waals surface area contributed by atoms with Gasteiger partial charge >= 0.3 is 0 Å². The summed E-state index contributed by atoms with van der Waals surface area (Å²) in [6.45, 7) is 0.187. The number of rotatable bonds is 9. The number of Topliss-reactive ketones (excluding diaryl/α,β-unsaturated/α-hetero) is 1. The largest absolute Gasteiger partial charge is 1.00 e. The number of carbonyl (C=O) groups is 1. The molecule has 0 aliphatic carbocycles. The molecule has 0 fully saturated rings. The molecule has 4 aromatic rings. The first-order chi connectivity index (χ1) is 17.4. The molecule has 0 amide bonds. The molecule has 194 valence electrons. The maximum atomic E-state index is 13.2. The fraction of sp³-hybridized carbons (Fsp3) is 0.214. The van der Waals surface area contributed by atoms with Gasteiger partial charge in [0.15, 0.2) is 34.9 Å². The van der Waals surface area contributed by atoms with Crippen molar-refractivity contribution < 1.29 is 45.3 Å². The highest BCUT2D eigenvalue weighted by Crippen LogP contribution is 2.37. The first-order valence-electron chi connectivity index (χ1n) is 11.1. The maximum absolute atomic E-state index is 13.2. The normalized spacial score (nSPS) is 10.5. The van der Waals surface area contributed by atoms with Crippen molar-refractivity contribution in [3.8, 4) is 23.0 Å². The third-order valence-corrected chi connectivity index (χ3v) is 7.30. The molecule has 0 saturated heterocycles. The minimum Gasteiger partial charge on any atom is -1.00 e. The topological polar surface area (TPSA) is 57.9 Å². The number of carbonyl (C=O) groups excluding carboxylic acids is 1. The molecule has 0 N–H and O–H groups in total. The smallest absolute Gasteiger partial charge is 0.227 e. The Morgan fingerprint density at radius 3 is 1.97 bits per heavy atom. The zero-order valence-electron chi connectivity index (χ0n) is 20.8. The number of ketones is 1. The van der Waals surface area contributed by atoms with Gasteiger partial charge in [-0.3, -0.25) is 4.79 Å². The molecular weight excluding hydrogens is 670 g/mol. The van der Waals surface area contributed by atoms with Gasteiger partial charge < -0.3 is 35.9 Å². The van der Waals surface area contributed by atoms with Gasteiger partial charge in [-0.15, -0.1) is 0 Å². The fourth-order valence-electron chi connectivity index (χ4n) is 4.14. The Balaban J connectivity index is 0.00000380. The first kappa shape index (κ1) is 28.9. The summed E-state index contributed by atoms with van der Waals surface area (Å²) < 4.78 is 25.9. The molecule has 0 saturated carbocycles. The van der Waals surface area contributed by atoms with Gasteiger partial charge in [-0.25, -0.2) is 0 Å². The molecule has 0 atom stereocenters. The van der Waals surface area contributed by atoms with Gasteiger partial charge in [-0.2, -0.15) is 4.57 Å². The van der Waals surface area contributed by atoms with E-state index in [0.717, 1.165) is 31.0 Å². The van der Waals surface area contributed by atoms with E-state index in [2.05, 4.69) is 31.9 Å². The number of methoxy groups -OCH3 is 4. The van der Waals surface area contributed by atoms with Gasteiger partial charge in [0.05, 0.1) is 40.2 Å². The second-order valence-electron chi connectivity index (χ2n) is 8.09. The summed E-state index contributed by atoms with van der Waals surface area (Å²) in [7, 11) is 6.45. The zero-order valence-corrected chi connectivity index (χ0v) is 25.6. The molecule has 0 aliphatic rings. The van der Waals surface area contributed by atoms with Crippen molar-refractivity contribution in [2.75, 3.05) is 28.4 Å². The molecular formula is C28H26Br3NO5. The van der Waals surface area contributed by atoms with Crippen LogP contribution in [0.3, 0.4) is 0 Å². The number of halogens is 3. The lowest BCUT2D eigenvalue weighted by atomic mass is 10.0. The number of ether oxygens (including phenoxy) is 4. The van der Waals surface area contributed by atoms with Crippen LogP contribution in [0, 0.1) is 0 Å². The van der Waals surface area contributed by atoms with Crippen molar-refractivity contribution in [1.29, 1.82) is 0 Å². The zero-order chi connectivity index (χ0) is 25.8. The lowest BCUT2D eigenvalue weighted by molar-refractivity contribution is -0.688. The summed E-state index contributed by atoms with van der Waals surface area (Å²) in [5.41, 5.74) is 2.59. The van der Waals surface area contributed by atoms with Gasteiger partial charge in [0.1, 0.15) is 0 Å². The van der Waals surface area contributed by atoms with E-state index in [1.54, 1.807) is 28.4 Å². The predicted octanol–water partition coefficient (Wildman–Crippen LogP) is 3.16. The van der Waals surface area contributed by atoms with Crippen LogP contribution < -0.4 is 40.5 Å². The minimum absolute atomic E-state index is 0. The summed E-state index contributed by atoms with van der Waals surface area (Å²) in [4.78, 5) is 13.2. The van der Waals surface area contributed by atoms with Gasteiger partial charge in [0.25, 0.3) is 0 Å². The highest BCUT2D eigenvalue weighted by molar-refractivity contribution is 9.10. The first-order valence-corrected chi connectivity index (χ1v) is 12.7. The van der Waals surface area contributed by atoms with Gasteiger partial charge in [0.2, 0.25) is 12.3 Å². The molecule has 3 aromatic carbocycles. The van der Waals surface area contributed by atoms with Crippen LogP contribution in [0.15, 0.2) is 69.7 Å². The quantitative estimate of drug-likeness (QED) is 0.199. The SMILES string of the molecule is COc1cc(Br)c(Cc2c3cc(OC)c(OC)cc3cc[n+]2CC(=O)c2ccc(Br)cc2)cc1OC.[Br-]. The van der Waals surface area contributed by atoms with Crippen molar-refractivity contribution in [1.82, 2.24) is 0 Å². The number of hydrogen-bond acceptors (Lipinski definition) is 5. The second kappa shape index (κ2) is 12.8. The monoisotopic (exact) mass is 693 g/mol. The van der Waals surface area contributed by atoms with E-state index in [9.17, 15) is 4.79 Å². The Hall–Kier alpha value is -2.62. The summed E-state index contributed by atoms with van der Waals surface area (Å²) in [6.07, 6.45) is 2.47. The fourth-order valence-corrected chi connectivity index (χ4v) is 4.86. The Labute approximate surface area is 243 Å². The number of fused-ring (bicyclic) bond motifs is 1. The average molecular weight is 696 g/mol. The third kappa shape index (κ3) is 6.27. The van der Waals surface area contributed by atoms with E-state index < -0.39 is 0 Å². The lowest BCUT2D eigenvalue weighted by Crippen LogP contribution is -3.00. The van der Waals surface area contributed by atoms with Crippen molar-refractivity contribution in [2.45, 2.75) is 13.0 Å². The standard InChI is InChI=1S/C28H26Br2NO5.BrH/c1-33-25-12-18-9-10-31(16-24(32)17-5-7-20(29)8-6-17)23(21(18)14-27(25)35-3)11-19-13-26(34-2)28(36-4)15-22(19)30;/h5-10,12-15H,11,16H2,1-4H3;1H/q+1;/p-1. The third-order valence-electron chi connectivity index (χ3n) is 6.04. The Morgan fingerprint density at radius 1 is 0.784 bits per heavy atom. The van der Waals surface area contributed by atoms with Crippen molar-refractivity contribution in [3.63, 3.8) is 0 Å². The number of nitrogens with zero attached hydrogens (tertiary/aromatic N) is 1. The van der Waals surface area contributed by atoms with Gasteiger partial charge in [-0.1, -0.05) is 44.0 Å². The Kier molecular flexibility index (Phi) is 9.98. The predicted molar refractivity (Wildman–Crippen MR) is 146 cm³/mol. The summed E-state index contributed by atoms with van der Waals surface area (Å²) in [5, 5.41) is 1.94. The molecule has 0 spiro atoms. The number of aromatic nitrogens is 1. The molecule has 1 heterocycles. The molecule has 0 bridgehead atoms. The summed E-state index contributed by atoms with van der Waals surface area (Å²) in [5.74, 6) is 2.55. The number of hydrogen-bond donors (Lipinski definition) is 0. The lowest BCUT2D eigenvalue weighted by Gasteiger charge is -2.14. The van der Waals surface area contributed by atoms with Crippen LogP contribution in [0.5, 0.6) is 23.0 Å². The van der Waals surface area contributed by atoms with Crippen LogP contribution in [0.4, 0.5) is 0 Å². The molecule has 0 radical (unpaired) electrons. The van der Waals surface area contributed by atoms with E-state index in [1.807, 2.05) is 65.4 Å². The van der Waals surface area contributed by atoms with Crippen LogP contribution in [0.1, 0.15) is 21.6 Å². The molecule has 9 heteroatoms. The highest BCUT2D eigenvalue weighted by atomic mass is 79.9. The van der Waals surface area contributed by atoms with Crippen LogP contribution >= 0.6 is 31.9 Å².